The van der Waals surface area contributed by atoms with Crippen molar-refractivity contribution in [1.29, 1.82) is 0 Å². The fraction of sp³-hybridized carbons (Fsp3) is 0.0476. The lowest BCUT2D eigenvalue weighted by Gasteiger charge is -2.05. The molecule has 5 rings (SSSR count). The average molecular weight is 453 g/mol. The number of amides is 1. The summed E-state index contributed by atoms with van der Waals surface area (Å²) < 4.78 is 16.5. The van der Waals surface area contributed by atoms with Gasteiger partial charge in [0.25, 0.3) is 5.91 Å². The van der Waals surface area contributed by atoms with Crippen LogP contribution in [0.2, 0.25) is 5.02 Å². The Morgan fingerprint density at radius 1 is 1.19 bits per heavy atom. The van der Waals surface area contributed by atoms with Gasteiger partial charge in [-0.3, -0.25) is 9.48 Å². The molecule has 1 amide bonds. The molecule has 1 N–H and O–H groups in total. The fourth-order valence-corrected chi connectivity index (χ4v) is 4.16. The zero-order chi connectivity index (χ0) is 21.4. The number of nitrogens with one attached hydrogen (secondary N) is 1. The molecule has 0 saturated carbocycles. The third kappa shape index (κ3) is 3.80. The molecule has 0 unspecified atom stereocenters. The van der Waals surface area contributed by atoms with Gasteiger partial charge in [0.2, 0.25) is 0 Å². The van der Waals surface area contributed by atoms with Gasteiger partial charge in [0.1, 0.15) is 11.4 Å². The summed E-state index contributed by atoms with van der Waals surface area (Å²) in [4.78, 5) is 18.2. The Labute approximate surface area is 184 Å². The number of fused-ring (bicyclic) bond motifs is 1. The number of anilines is 1. The van der Waals surface area contributed by atoms with E-state index in [1.807, 2.05) is 23.6 Å². The molecular weight excluding hydrogens is 439 g/mol. The third-order valence-corrected chi connectivity index (χ3v) is 5.90. The summed E-state index contributed by atoms with van der Waals surface area (Å²) in [5.74, 6) is -0.739. The number of hydrogen-bond acceptors (Lipinski definition) is 5. The zero-order valence-electron chi connectivity index (χ0n) is 15.9. The van der Waals surface area contributed by atoms with Crippen LogP contribution in [0, 0.1) is 5.82 Å². The Hall–Kier alpha value is -3.56. The van der Waals surface area contributed by atoms with Gasteiger partial charge in [-0.25, -0.2) is 13.9 Å². The Kier molecular flexibility index (Phi) is 4.97. The molecule has 0 saturated heterocycles. The van der Waals surface area contributed by atoms with E-state index < -0.39 is 5.82 Å². The summed E-state index contributed by atoms with van der Waals surface area (Å²) in [7, 11) is 0. The van der Waals surface area contributed by atoms with E-state index in [0.717, 1.165) is 16.1 Å². The van der Waals surface area contributed by atoms with Gasteiger partial charge in [-0.15, -0.1) is 11.3 Å². The first kappa shape index (κ1) is 19.4. The summed E-state index contributed by atoms with van der Waals surface area (Å²) in [6.07, 6.45) is 6.37. The summed E-state index contributed by atoms with van der Waals surface area (Å²) in [6, 6.07) is 10.0. The lowest BCUT2D eigenvalue weighted by Crippen LogP contribution is -2.11. The first-order chi connectivity index (χ1) is 15.1. The zero-order valence-corrected chi connectivity index (χ0v) is 17.4. The van der Waals surface area contributed by atoms with E-state index in [4.69, 9.17) is 11.6 Å². The maximum absolute atomic E-state index is 13.2. The highest BCUT2D eigenvalue weighted by atomic mass is 35.5. The molecule has 0 bridgehead atoms. The number of aromatic nitrogens is 5. The molecule has 0 spiro atoms. The predicted molar refractivity (Wildman–Crippen MR) is 117 cm³/mol. The number of rotatable bonds is 5. The van der Waals surface area contributed by atoms with Crippen molar-refractivity contribution in [3.8, 4) is 10.6 Å². The Morgan fingerprint density at radius 3 is 2.90 bits per heavy atom. The largest absolute Gasteiger partial charge is 0.319 e. The molecule has 31 heavy (non-hydrogen) atoms. The van der Waals surface area contributed by atoms with E-state index in [2.05, 4.69) is 20.5 Å². The molecule has 0 fully saturated rings. The summed E-state index contributed by atoms with van der Waals surface area (Å²) in [6.45, 7) is 0.345. The van der Waals surface area contributed by atoms with Crippen molar-refractivity contribution in [3.05, 3.63) is 88.5 Å². The number of halogens is 2. The predicted octanol–water partition coefficient (Wildman–Crippen LogP) is 4.75. The molecule has 10 heteroatoms. The molecule has 4 heterocycles. The van der Waals surface area contributed by atoms with Gasteiger partial charge in [-0.1, -0.05) is 23.7 Å². The minimum Gasteiger partial charge on any atom is -0.319 e. The first-order valence-corrected chi connectivity index (χ1v) is 10.5. The summed E-state index contributed by atoms with van der Waals surface area (Å²) in [5.41, 5.74) is 2.92. The molecule has 1 aromatic carbocycles. The van der Waals surface area contributed by atoms with E-state index >= 15 is 0 Å². The number of thiophene rings is 1. The Morgan fingerprint density at radius 2 is 2.10 bits per heavy atom. The lowest BCUT2D eigenvalue weighted by molar-refractivity contribution is 0.102. The second kappa shape index (κ2) is 7.93. The smallest absolute Gasteiger partial charge is 0.261 e. The van der Waals surface area contributed by atoms with Gasteiger partial charge in [-0.2, -0.15) is 10.2 Å². The number of carbonyl (C=O) groups excluding carboxylic acids is 1. The quantitative estimate of drug-likeness (QED) is 0.417. The second-order valence-electron chi connectivity index (χ2n) is 6.72. The fourth-order valence-electron chi connectivity index (χ4n) is 3.20. The molecule has 7 nitrogen and oxygen atoms in total. The SMILES string of the molecule is O=C(Nc1cnn(Cc2ccc(F)cc2Cl)c1)c1cnn2c(-c3cccs3)ccnc12. The highest BCUT2D eigenvalue weighted by Gasteiger charge is 2.17. The maximum Gasteiger partial charge on any atom is 0.261 e. The summed E-state index contributed by atoms with van der Waals surface area (Å²) in [5, 5.41) is 13.7. The van der Waals surface area contributed by atoms with E-state index in [0.29, 0.717) is 28.5 Å². The van der Waals surface area contributed by atoms with E-state index in [1.165, 1.54) is 24.5 Å². The van der Waals surface area contributed by atoms with Crippen molar-refractivity contribution in [1.82, 2.24) is 24.4 Å². The van der Waals surface area contributed by atoms with Gasteiger partial charge in [0.15, 0.2) is 5.65 Å². The standard InChI is InChI=1S/C21H14ClFN6OS/c22-17-8-14(23)4-3-13(17)11-28-12-15(9-25-28)27-21(30)16-10-26-29-18(5-6-24-20(16)29)19-2-1-7-31-19/h1-10,12H,11H2,(H,27,30). The van der Waals surface area contributed by atoms with E-state index in [-0.39, 0.29) is 5.91 Å². The maximum atomic E-state index is 13.2. The van der Waals surface area contributed by atoms with Crippen LogP contribution in [0.15, 0.2) is 66.6 Å². The van der Waals surface area contributed by atoms with Gasteiger partial charge >= 0.3 is 0 Å². The normalized spacial score (nSPS) is 11.2. The van der Waals surface area contributed by atoms with Crippen LogP contribution in [-0.4, -0.2) is 30.3 Å². The van der Waals surface area contributed by atoms with Crippen LogP contribution in [0.5, 0.6) is 0 Å². The summed E-state index contributed by atoms with van der Waals surface area (Å²) >= 11 is 7.66. The van der Waals surface area contributed by atoms with Crippen LogP contribution in [0.25, 0.3) is 16.2 Å². The van der Waals surface area contributed by atoms with Crippen LogP contribution in [0.3, 0.4) is 0 Å². The van der Waals surface area contributed by atoms with Crippen LogP contribution in [0.4, 0.5) is 10.1 Å². The van der Waals surface area contributed by atoms with Gasteiger partial charge in [0, 0.05) is 17.4 Å². The second-order valence-corrected chi connectivity index (χ2v) is 8.07. The molecule has 5 aromatic rings. The monoisotopic (exact) mass is 452 g/mol. The van der Waals surface area contributed by atoms with Crippen molar-refractivity contribution < 1.29 is 9.18 Å². The Balaban J connectivity index is 1.36. The number of hydrogen-bond donors (Lipinski definition) is 1. The molecule has 0 aliphatic heterocycles. The van der Waals surface area contributed by atoms with Gasteiger partial charge in [-0.05, 0) is 35.2 Å². The molecule has 0 aliphatic rings. The van der Waals surface area contributed by atoms with Crippen molar-refractivity contribution in [3.63, 3.8) is 0 Å². The highest BCUT2D eigenvalue weighted by Crippen LogP contribution is 2.25. The third-order valence-electron chi connectivity index (χ3n) is 4.66. The molecule has 154 valence electrons. The number of carbonyl (C=O) groups is 1. The van der Waals surface area contributed by atoms with E-state index in [1.54, 1.807) is 39.0 Å². The highest BCUT2D eigenvalue weighted by molar-refractivity contribution is 7.13. The first-order valence-electron chi connectivity index (χ1n) is 9.23. The van der Waals surface area contributed by atoms with Crippen molar-refractivity contribution >= 4 is 40.2 Å². The number of benzene rings is 1. The molecule has 0 aliphatic carbocycles. The van der Waals surface area contributed by atoms with Crippen molar-refractivity contribution in [2.45, 2.75) is 6.54 Å². The van der Waals surface area contributed by atoms with E-state index in [9.17, 15) is 9.18 Å². The Bertz CT molecular complexity index is 1390. The molecule has 0 atom stereocenters. The van der Waals surface area contributed by atoms with Crippen LogP contribution in [0.1, 0.15) is 15.9 Å². The van der Waals surface area contributed by atoms with Gasteiger partial charge < -0.3 is 5.32 Å². The minimum absolute atomic E-state index is 0.319. The van der Waals surface area contributed by atoms with Gasteiger partial charge in [0.05, 0.1) is 35.2 Å². The minimum atomic E-state index is -0.397. The molecule has 4 aromatic heterocycles. The number of nitrogens with zero attached hydrogens (tertiary/aromatic N) is 5. The van der Waals surface area contributed by atoms with Crippen LogP contribution < -0.4 is 5.32 Å². The van der Waals surface area contributed by atoms with Crippen LogP contribution in [-0.2, 0) is 6.54 Å². The van der Waals surface area contributed by atoms with Crippen LogP contribution >= 0.6 is 22.9 Å². The van der Waals surface area contributed by atoms with Crippen molar-refractivity contribution in [2.75, 3.05) is 5.32 Å². The van der Waals surface area contributed by atoms with Crippen molar-refractivity contribution in [2.24, 2.45) is 0 Å². The average Bonchev–Trinajstić information content (AvgIpc) is 3.50. The molecular formula is C21H14ClFN6OS. The lowest BCUT2D eigenvalue weighted by atomic mass is 10.2. The molecule has 0 radical (unpaired) electrons. The topological polar surface area (TPSA) is 77.1 Å².